The molecule has 1 aromatic carbocycles. The van der Waals surface area contributed by atoms with E-state index >= 15 is 0 Å². The molecule has 1 rings (SSSR count). The summed E-state index contributed by atoms with van der Waals surface area (Å²) in [5, 5.41) is 9.64. The lowest BCUT2D eigenvalue weighted by atomic mass is 9.96. The molecule has 84 valence electrons. The number of benzene rings is 1. The summed E-state index contributed by atoms with van der Waals surface area (Å²) in [5.41, 5.74) is 5.70. The van der Waals surface area contributed by atoms with Crippen molar-refractivity contribution in [2.45, 2.75) is 19.3 Å². The average Bonchev–Trinajstić information content (AvgIpc) is 2.16. The summed E-state index contributed by atoms with van der Waals surface area (Å²) in [7, 11) is 1.43. The number of hydrogen-bond acceptors (Lipinski definition) is 3. The molecule has 0 spiro atoms. The van der Waals surface area contributed by atoms with Crippen LogP contribution in [0.5, 0.6) is 11.5 Å². The minimum Gasteiger partial charge on any atom is -0.507 e. The lowest BCUT2D eigenvalue weighted by Gasteiger charge is -2.14. The normalized spacial score (nSPS) is 12.5. The zero-order chi connectivity index (χ0) is 11.4. The Morgan fingerprint density at radius 3 is 2.67 bits per heavy atom. The highest BCUT2D eigenvalue weighted by atomic mass is 19.1. The summed E-state index contributed by atoms with van der Waals surface area (Å²) in [6.45, 7) is 2.30. The van der Waals surface area contributed by atoms with E-state index in [9.17, 15) is 9.50 Å². The molecule has 0 saturated heterocycles. The van der Waals surface area contributed by atoms with Crippen molar-refractivity contribution >= 4 is 0 Å². The summed E-state index contributed by atoms with van der Waals surface area (Å²) in [6, 6.07) is 2.67. The molecule has 0 aliphatic rings. The van der Waals surface area contributed by atoms with Crippen molar-refractivity contribution in [3.8, 4) is 11.5 Å². The Balaban J connectivity index is 3.07. The van der Waals surface area contributed by atoms with Gasteiger partial charge in [-0.05, 0) is 18.9 Å². The van der Waals surface area contributed by atoms with Crippen LogP contribution < -0.4 is 10.5 Å². The fraction of sp³-hybridized carbons (Fsp3) is 0.455. The van der Waals surface area contributed by atoms with Crippen LogP contribution in [0.25, 0.3) is 0 Å². The van der Waals surface area contributed by atoms with Gasteiger partial charge in [0.05, 0.1) is 7.11 Å². The van der Waals surface area contributed by atoms with Crippen LogP contribution in [0.15, 0.2) is 12.1 Å². The first kappa shape index (κ1) is 11.8. The van der Waals surface area contributed by atoms with Crippen LogP contribution in [0.2, 0.25) is 0 Å². The van der Waals surface area contributed by atoms with Gasteiger partial charge in [0.2, 0.25) is 0 Å². The van der Waals surface area contributed by atoms with Gasteiger partial charge in [-0.15, -0.1) is 0 Å². The maximum Gasteiger partial charge on any atom is 0.134 e. The lowest BCUT2D eigenvalue weighted by molar-refractivity contribution is 0.397. The fourth-order valence-corrected chi connectivity index (χ4v) is 1.58. The second-order valence-electron chi connectivity index (χ2n) is 3.52. The smallest absolute Gasteiger partial charge is 0.134 e. The zero-order valence-corrected chi connectivity index (χ0v) is 8.96. The van der Waals surface area contributed by atoms with Gasteiger partial charge in [0, 0.05) is 17.7 Å². The summed E-state index contributed by atoms with van der Waals surface area (Å²) in [4.78, 5) is 0. The molecule has 1 unspecified atom stereocenters. The molecule has 0 aliphatic carbocycles. The standard InChI is InChI=1S/C11H16FNO2/c1-7(3-4-13)11-9(12)5-8(15-2)6-10(11)14/h5-7,14H,3-4,13H2,1-2H3. The van der Waals surface area contributed by atoms with E-state index in [4.69, 9.17) is 10.5 Å². The largest absolute Gasteiger partial charge is 0.507 e. The number of methoxy groups -OCH3 is 1. The van der Waals surface area contributed by atoms with E-state index in [2.05, 4.69) is 0 Å². The van der Waals surface area contributed by atoms with Crippen LogP contribution in [0.4, 0.5) is 4.39 Å². The molecule has 0 fully saturated rings. The molecule has 15 heavy (non-hydrogen) atoms. The van der Waals surface area contributed by atoms with Gasteiger partial charge in [-0.3, -0.25) is 0 Å². The lowest BCUT2D eigenvalue weighted by Crippen LogP contribution is -2.06. The molecule has 0 saturated carbocycles. The molecule has 3 nitrogen and oxygen atoms in total. The van der Waals surface area contributed by atoms with Gasteiger partial charge in [0.1, 0.15) is 17.3 Å². The quantitative estimate of drug-likeness (QED) is 0.804. The Labute approximate surface area is 88.7 Å². The van der Waals surface area contributed by atoms with Gasteiger partial charge < -0.3 is 15.6 Å². The van der Waals surface area contributed by atoms with Crippen molar-refractivity contribution in [2.24, 2.45) is 5.73 Å². The van der Waals surface area contributed by atoms with Crippen LogP contribution in [0, 0.1) is 5.82 Å². The fourth-order valence-electron chi connectivity index (χ4n) is 1.58. The maximum absolute atomic E-state index is 13.6. The van der Waals surface area contributed by atoms with Crippen LogP contribution >= 0.6 is 0 Å². The van der Waals surface area contributed by atoms with Gasteiger partial charge in [-0.2, -0.15) is 0 Å². The first-order chi connectivity index (χ1) is 7.10. The van der Waals surface area contributed by atoms with Crippen LogP contribution in [0.1, 0.15) is 24.8 Å². The van der Waals surface area contributed by atoms with Crippen molar-refractivity contribution in [2.75, 3.05) is 13.7 Å². The van der Waals surface area contributed by atoms with E-state index < -0.39 is 5.82 Å². The van der Waals surface area contributed by atoms with E-state index in [-0.39, 0.29) is 11.7 Å². The SMILES string of the molecule is COc1cc(O)c(C(C)CCN)c(F)c1. The van der Waals surface area contributed by atoms with Crippen molar-refractivity contribution < 1.29 is 14.2 Å². The summed E-state index contributed by atoms with van der Waals surface area (Å²) < 4.78 is 18.4. The number of phenols is 1. The van der Waals surface area contributed by atoms with Crippen molar-refractivity contribution in [1.82, 2.24) is 0 Å². The number of rotatable bonds is 4. The average molecular weight is 213 g/mol. The Hall–Kier alpha value is -1.29. The molecule has 0 heterocycles. The van der Waals surface area contributed by atoms with Crippen molar-refractivity contribution in [3.63, 3.8) is 0 Å². The molecule has 4 heteroatoms. The van der Waals surface area contributed by atoms with E-state index in [1.165, 1.54) is 19.2 Å². The number of phenolic OH excluding ortho intramolecular Hbond substituents is 1. The summed E-state index contributed by atoms with van der Waals surface area (Å²) >= 11 is 0. The highest BCUT2D eigenvalue weighted by Crippen LogP contribution is 2.33. The number of aromatic hydroxyl groups is 1. The Morgan fingerprint density at radius 1 is 1.53 bits per heavy atom. The number of halogens is 1. The molecule has 0 aliphatic heterocycles. The summed E-state index contributed by atoms with van der Waals surface area (Å²) in [5.74, 6) is -0.310. The Kier molecular flexibility index (Phi) is 3.91. The first-order valence-corrected chi connectivity index (χ1v) is 4.86. The Morgan fingerprint density at radius 2 is 2.20 bits per heavy atom. The highest BCUT2D eigenvalue weighted by molar-refractivity contribution is 5.42. The van der Waals surface area contributed by atoms with Gasteiger partial charge in [-0.1, -0.05) is 6.92 Å². The van der Waals surface area contributed by atoms with Gasteiger partial charge >= 0.3 is 0 Å². The van der Waals surface area contributed by atoms with Gasteiger partial charge in [-0.25, -0.2) is 4.39 Å². The van der Waals surface area contributed by atoms with Crippen LogP contribution in [-0.2, 0) is 0 Å². The molecule has 0 bridgehead atoms. The molecule has 0 aromatic heterocycles. The van der Waals surface area contributed by atoms with Crippen LogP contribution in [-0.4, -0.2) is 18.8 Å². The van der Waals surface area contributed by atoms with E-state index in [0.29, 0.717) is 24.3 Å². The second kappa shape index (κ2) is 4.98. The third-order valence-electron chi connectivity index (χ3n) is 2.41. The minimum absolute atomic E-state index is 0.0761. The third kappa shape index (κ3) is 2.59. The molecule has 3 N–H and O–H groups in total. The number of hydrogen-bond donors (Lipinski definition) is 2. The minimum atomic E-state index is -0.451. The Bertz CT molecular complexity index is 318. The summed E-state index contributed by atoms with van der Waals surface area (Å²) in [6.07, 6.45) is 0.636. The number of ether oxygens (including phenoxy) is 1. The van der Waals surface area contributed by atoms with E-state index in [1.807, 2.05) is 6.92 Å². The predicted molar refractivity (Wildman–Crippen MR) is 56.7 cm³/mol. The third-order valence-corrected chi connectivity index (χ3v) is 2.41. The van der Waals surface area contributed by atoms with Crippen molar-refractivity contribution in [1.29, 1.82) is 0 Å². The maximum atomic E-state index is 13.6. The highest BCUT2D eigenvalue weighted by Gasteiger charge is 2.16. The first-order valence-electron chi connectivity index (χ1n) is 4.86. The van der Waals surface area contributed by atoms with Gasteiger partial charge in [0.15, 0.2) is 0 Å². The van der Waals surface area contributed by atoms with E-state index in [0.717, 1.165) is 0 Å². The van der Waals surface area contributed by atoms with Crippen LogP contribution in [0.3, 0.4) is 0 Å². The molecular weight excluding hydrogens is 197 g/mol. The molecule has 0 amide bonds. The molecule has 1 aromatic rings. The second-order valence-corrected chi connectivity index (χ2v) is 3.52. The predicted octanol–water partition coefficient (Wildman–Crippen LogP) is 1.99. The zero-order valence-electron chi connectivity index (χ0n) is 8.96. The van der Waals surface area contributed by atoms with E-state index in [1.54, 1.807) is 0 Å². The molecule has 1 atom stereocenters. The van der Waals surface area contributed by atoms with Gasteiger partial charge in [0.25, 0.3) is 0 Å². The van der Waals surface area contributed by atoms with Crippen molar-refractivity contribution in [3.05, 3.63) is 23.5 Å². The number of nitrogens with two attached hydrogens (primary N) is 1. The molecule has 0 radical (unpaired) electrons. The monoisotopic (exact) mass is 213 g/mol. The molecular formula is C11H16FNO2. The topological polar surface area (TPSA) is 55.5 Å².